The fourth-order valence-electron chi connectivity index (χ4n) is 19.3. The molecule has 0 atom stereocenters. The number of aromatic nitrogens is 10. The highest BCUT2D eigenvalue weighted by atomic mass is 16.3. The second-order valence-electron chi connectivity index (χ2n) is 34.3. The Kier molecular flexibility index (Phi) is 19.4. The van der Waals surface area contributed by atoms with Crippen LogP contribution in [0.15, 0.2) is 327 Å². The van der Waals surface area contributed by atoms with Gasteiger partial charge in [-0.05, 0) is 183 Å². The van der Waals surface area contributed by atoms with Gasteiger partial charge in [-0.3, -0.25) is 15.0 Å². The lowest BCUT2D eigenvalue weighted by atomic mass is 9.96. The SMILES string of the molecule is Cc1c[n+](C)c(-c2c(C)ccc3c2oc2c4ccccc4ccc32)cn1.Cc1cc(C)c2c(oc3c4ccccc4ccc32)c1-c1cncc[n+]1C.Cc1cc2c(oc3c4ccccc4ccc23)c(-c2cncc[n+]2C)c1C.Cc1cc2c(oc3c4ccccc4ccc23)c(-c2cncc[n+]2C)c1C.[2H]C([2H])([2H])c1c[n+](C)c(-c2c(C)ccc3c2oc2c4ccccc4ccc32)cn1. The molecule has 25 rings (SSSR count). The Morgan fingerprint density at radius 1 is 0.238 bits per heavy atom. The molecule has 0 aliphatic carbocycles. The molecule has 0 saturated carbocycles. The third-order valence-electron chi connectivity index (χ3n) is 26.2. The van der Waals surface area contributed by atoms with Crippen molar-refractivity contribution >= 4 is 164 Å². The van der Waals surface area contributed by atoms with E-state index in [4.69, 9.17) is 26.2 Å². The molecule has 0 amide bonds. The highest BCUT2D eigenvalue weighted by molar-refractivity contribution is 6.23. The highest BCUT2D eigenvalue weighted by Gasteiger charge is 2.30. The van der Waals surface area contributed by atoms with Crippen molar-refractivity contribution < 1.29 is 49.0 Å². The van der Waals surface area contributed by atoms with Crippen LogP contribution in [0.4, 0.5) is 0 Å². The predicted molar refractivity (Wildman–Crippen MR) is 526 cm³/mol. The third kappa shape index (κ3) is 13.7. The lowest BCUT2D eigenvalue weighted by Gasteiger charge is -2.08. The Balaban J connectivity index is 0.000000100. The van der Waals surface area contributed by atoms with Crippen molar-refractivity contribution in [1.82, 2.24) is 24.9 Å². The van der Waals surface area contributed by atoms with Gasteiger partial charge < -0.3 is 22.1 Å². The number of benzene rings is 15. The summed E-state index contributed by atoms with van der Waals surface area (Å²) in [6.07, 6.45) is 24.2. The Morgan fingerprint density at radius 2 is 0.531 bits per heavy atom. The summed E-state index contributed by atoms with van der Waals surface area (Å²) in [5.74, 6) is 0. The van der Waals surface area contributed by atoms with Gasteiger partial charge in [-0.2, -0.15) is 22.8 Å². The first-order chi connectivity index (χ1) is 64.4. The van der Waals surface area contributed by atoms with Crippen LogP contribution in [0, 0.1) is 69.2 Å². The standard InChI is InChI=1S/5C23H19N2O/c2*1-14-8-10-19-18-11-9-16-6-4-5-7-17(16)22(18)26-23(19)21(14)20-12-24-15(2)13-25(20)3;2*1-14-12-19-18-9-8-16-6-4-5-7-17(16)22(18)26-23(19)21(15(14)2)20-13-24-10-11-25(20)3;1-14-12-15(2)21(19-13-24-10-11-25(19)3)23-20(14)18-9-8-16-6-4-5-7-17(16)22(18)26-23/h5*4-13H,1-3H3/q5*+1/i2D3;;;;. The van der Waals surface area contributed by atoms with E-state index < -0.39 is 6.85 Å². The molecule has 0 aliphatic heterocycles. The normalized spacial score (nSPS) is 12.1. The molecule has 0 unspecified atom stereocenters. The van der Waals surface area contributed by atoms with Gasteiger partial charge in [0.25, 0.3) is 0 Å². The molecule has 0 radical (unpaired) electrons. The van der Waals surface area contributed by atoms with Gasteiger partial charge in [-0.15, -0.1) is 0 Å². The van der Waals surface area contributed by atoms with Crippen molar-refractivity contribution in [3.8, 4) is 56.3 Å². The second kappa shape index (κ2) is 32.5. The maximum Gasteiger partial charge on any atom is 0.234 e. The number of nitrogens with zero attached hydrogens (tertiary/aromatic N) is 10. The van der Waals surface area contributed by atoms with E-state index in [1.807, 2.05) is 108 Å². The molecule has 15 nitrogen and oxygen atoms in total. The quantitative estimate of drug-likeness (QED) is 0.152. The third-order valence-corrected chi connectivity index (χ3v) is 26.2. The average Bonchev–Trinajstić information content (AvgIpc) is 1.53. The van der Waals surface area contributed by atoms with Gasteiger partial charge in [0.05, 0.1) is 77.4 Å². The molecule has 15 heteroatoms. The smallest absolute Gasteiger partial charge is 0.234 e. The van der Waals surface area contributed by atoms with Crippen molar-refractivity contribution in [3.05, 3.63) is 361 Å². The largest absolute Gasteiger partial charge is 0.454 e. The van der Waals surface area contributed by atoms with Crippen LogP contribution in [0.3, 0.4) is 0 Å². The molecular formula is C115H95N10O5+5. The van der Waals surface area contributed by atoms with E-state index in [2.05, 4.69) is 311 Å². The minimum atomic E-state index is -2.24. The zero-order chi connectivity index (χ0) is 91.7. The van der Waals surface area contributed by atoms with Crippen molar-refractivity contribution in [2.24, 2.45) is 35.2 Å². The van der Waals surface area contributed by atoms with Crippen LogP contribution in [0.2, 0.25) is 0 Å². The maximum absolute atomic E-state index is 7.61. The summed E-state index contributed by atoms with van der Waals surface area (Å²) in [6, 6.07) is 78.5. The maximum atomic E-state index is 7.61. The molecule has 15 aromatic carbocycles. The van der Waals surface area contributed by atoms with Crippen LogP contribution in [0.1, 0.15) is 60.0 Å². The molecule has 10 aromatic heterocycles. The molecule has 0 fully saturated rings. The Hall–Kier alpha value is -16.0. The zero-order valence-electron chi connectivity index (χ0n) is 77.9. The van der Waals surface area contributed by atoms with Gasteiger partial charge in [0.2, 0.25) is 28.5 Å². The summed E-state index contributed by atoms with van der Waals surface area (Å²) in [4.78, 5) is 21.7. The molecule has 0 N–H and O–H groups in total. The first-order valence-electron chi connectivity index (χ1n) is 45.2. The van der Waals surface area contributed by atoms with Crippen LogP contribution in [-0.4, -0.2) is 24.9 Å². The van der Waals surface area contributed by atoms with E-state index in [0.717, 1.165) is 199 Å². The van der Waals surface area contributed by atoms with Crippen LogP contribution in [0.5, 0.6) is 0 Å². The van der Waals surface area contributed by atoms with E-state index in [9.17, 15) is 0 Å². The van der Waals surface area contributed by atoms with Crippen LogP contribution in [-0.2, 0) is 35.2 Å². The molecule has 130 heavy (non-hydrogen) atoms. The van der Waals surface area contributed by atoms with Gasteiger partial charge in [0.15, 0.2) is 31.0 Å². The summed E-state index contributed by atoms with van der Waals surface area (Å²) in [5.41, 5.74) is 30.3. The van der Waals surface area contributed by atoms with Gasteiger partial charge >= 0.3 is 0 Å². The fourth-order valence-corrected chi connectivity index (χ4v) is 19.3. The van der Waals surface area contributed by atoms with Crippen LogP contribution >= 0.6 is 0 Å². The summed E-state index contributed by atoms with van der Waals surface area (Å²) < 4.78 is 65.5. The minimum Gasteiger partial charge on any atom is -0.454 e. The topological polar surface area (TPSA) is 150 Å². The minimum absolute atomic E-state index is 0.0733. The first-order valence-corrected chi connectivity index (χ1v) is 43.7. The van der Waals surface area contributed by atoms with Crippen molar-refractivity contribution in [3.63, 3.8) is 0 Å². The number of aryl methyl sites for hydroxylation is 13. The summed E-state index contributed by atoms with van der Waals surface area (Å²) in [5, 5.41) is 23.0. The number of rotatable bonds is 5. The molecule has 0 bridgehead atoms. The number of hydrogen-bond donors (Lipinski definition) is 0. The van der Waals surface area contributed by atoms with Crippen molar-refractivity contribution in [2.45, 2.75) is 69.2 Å². The van der Waals surface area contributed by atoms with E-state index in [1.165, 1.54) is 71.3 Å². The van der Waals surface area contributed by atoms with Crippen LogP contribution < -0.4 is 22.8 Å². The average molecular weight is 1700 g/mol. The van der Waals surface area contributed by atoms with Crippen LogP contribution in [0.25, 0.3) is 220 Å². The number of hydrogen-bond acceptors (Lipinski definition) is 10. The van der Waals surface area contributed by atoms with E-state index in [1.54, 1.807) is 31.0 Å². The Morgan fingerprint density at radius 3 is 0.900 bits per heavy atom. The first kappa shape index (κ1) is 77.6. The summed E-state index contributed by atoms with van der Waals surface area (Å²) >= 11 is 0. The summed E-state index contributed by atoms with van der Waals surface area (Å²) in [6.45, 7) is 16.8. The second-order valence-corrected chi connectivity index (χ2v) is 34.3. The number of fused-ring (bicyclic) bond motifs is 25. The van der Waals surface area contributed by atoms with E-state index >= 15 is 0 Å². The molecule has 25 aromatic rings. The fraction of sp³-hybridized carbons (Fsp3) is 0.130. The van der Waals surface area contributed by atoms with Crippen molar-refractivity contribution in [2.75, 3.05) is 0 Å². The summed E-state index contributed by atoms with van der Waals surface area (Å²) in [7, 11) is 10.0. The van der Waals surface area contributed by atoms with Gasteiger partial charge in [-0.1, -0.05) is 182 Å². The van der Waals surface area contributed by atoms with E-state index in [-0.39, 0.29) is 5.69 Å². The molecular weight excluding hydrogens is 1600 g/mol. The van der Waals surface area contributed by atoms with Gasteiger partial charge in [-0.25, -0.2) is 9.97 Å². The zero-order valence-corrected chi connectivity index (χ0v) is 74.9. The van der Waals surface area contributed by atoms with Crippen molar-refractivity contribution in [1.29, 1.82) is 0 Å². The Labute approximate surface area is 754 Å². The molecule has 10 heterocycles. The van der Waals surface area contributed by atoms with Gasteiger partial charge in [0.1, 0.15) is 102 Å². The molecule has 0 aliphatic rings. The van der Waals surface area contributed by atoms with E-state index in [0.29, 0.717) is 0 Å². The molecule has 0 saturated heterocycles. The number of furan rings is 5. The monoisotopic (exact) mass is 1700 g/mol. The highest BCUT2D eigenvalue weighted by Crippen LogP contribution is 2.47. The van der Waals surface area contributed by atoms with Gasteiger partial charge in [0, 0.05) is 84.9 Å². The lowest BCUT2D eigenvalue weighted by molar-refractivity contribution is -0.661. The molecule has 0 spiro atoms. The predicted octanol–water partition coefficient (Wildman–Crippen LogP) is 26.2. The Bertz CT molecular complexity index is 8910. The lowest BCUT2D eigenvalue weighted by Crippen LogP contribution is -2.31. The molecule has 630 valence electrons.